The maximum atomic E-state index is 10.8. The number of aromatic amines is 1. The molecule has 0 aliphatic rings. The number of aliphatic hydroxyl groups excluding tert-OH is 1. The standard InChI is InChI=1S/C13H11NO3/c15-6-2-1-3-9-4-5-10-8-12(13(16)17)14-11(10)7-9/h4-5,7-8,14-15H,2,6H2,(H,16,17). The molecule has 4 nitrogen and oxygen atoms in total. The third-order valence-electron chi connectivity index (χ3n) is 2.32. The van der Waals surface area contributed by atoms with E-state index in [4.69, 9.17) is 10.2 Å². The second-order valence-electron chi connectivity index (χ2n) is 3.57. The Balaban J connectivity index is 2.37. The van der Waals surface area contributed by atoms with Gasteiger partial charge in [-0.1, -0.05) is 17.9 Å². The molecular formula is C13H11NO3. The van der Waals surface area contributed by atoms with Crippen molar-refractivity contribution in [2.75, 3.05) is 6.61 Å². The SMILES string of the molecule is O=C(O)c1cc2ccc(C#CCCO)cc2[nH]1. The van der Waals surface area contributed by atoms with Gasteiger partial charge in [-0.05, 0) is 18.2 Å². The molecule has 86 valence electrons. The van der Waals surface area contributed by atoms with Gasteiger partial charge in [0.1, 0.15) is 5.69 Å². The molecule has 0 aliphatic heterocycles. The lowest BCUT2D eigenvalue weighted by atomic mass is 10.1. The van der Waals surface area contributed by atoms with Crippen LogP contribution in [0.2, 0.25) is 0 Å². The van der Waals surface area contributed by atoms with Crippen molar-refractivity contribution in [3.8, 4) is 11.8 Å². The fourth-order valence-electron chi connectivity index (χ4n) is 1.54. The summed E-state index contributed by atoms with van der Waals surface area (Å²) in [6.07, 6.45) is 0.434. The van der Waals surface area contributed by atoms with E-state index in [9.17, 15) is 4.79 Å². The van der Waals surface area contributed by atoms with Crippen molar-refractivity contribution in [3.63, 3.8) is 0 Å². The molecule has 0 atom stereocenters. The molecule has 17 heavy (non-hydrogen) atoms. The van der Waals surface area contributed by atoms with Crippen molar-refractivity contribution in [1.82, 2.24) is 4.98 Å². The smallest absolute Gasteiger partial charge is 0.352 e. The van der Waals surface area contributed by atoms with Crippen LogP contribution >= 0.6 is 0 Å². The van der Waals surface area contributed by atoms with Gasteiger partial charge in [-0.15, -0.1) is 0 Å². The topological polar surface area (TPSA) is 73.3 Å². The lowest BCUT2D eigenvalue weighted by molar-refractivity contribution is 0.0691. The van der Waals surface area contributed by atoms with Crippen molar-refractivity contribution < 1.29 is 15.0 Å². The number of aromatic carboxylic acids is 1. The van der Waals surface area contributed by atoms with E-state index in [-0.39, 0.29) is 12.3 Å². The number of nitrogens with one attached hydrogen (secondary N) is 1. The summed E-state index contributed by atoms with van der Waals surface area (Å²) in [6.45, 7) is 0.0426. The summed E-state index contributed by atoms with van der Waals surface area (Å²) in [6, 6.07) is 7.03. The summed E-state index contributed by atoms with van der Waals surface area (Å²) in [5.74, 6) is 4.74. The van der Waals surface area contributed by atoms with Gasteiger partial charge in [0.25, 0.3) is 0 Å². The monoisotopic (exact) mass is 229 g/mol. The van der Waals surface area contributed by atoms with Gasteiger partial charge in [-0.25, -0.2) is 4.79 Å². The zero-order valence-electron chi connectivity index (χ0n) is 9.03. The minimum atomic E-state index is -0.978. The van der Waals surface area contributed by atoms with Crippen molar-refractivity contribution in [3.05, 3.63) is 35.5 Å². The number of rotatable bonds is 2. The molecule has 0 bridgehead atoms. The molecule has 4 heteroatoms. The minimum absolute atomic E-state index is 0.0426. The van der Waals surface area contributed by atoms with E-state index in [1.54, 1.807) is 12.1 Å². The van der Waals surface area contributed by atoms with Crippen LogP contribution < -0.4 is 0 Å². The zero-order valence-corrected chi connectivity index (χ0v) is 9.03. The Morgan fingerprint density at radius 1 is 1.35 bits per heavy atom. The normalized spacial score (nSPS) is 9.94. The largest absolute Gasteiger partial charge is 0.477 e. The highest BCUT2D eigenvalue weighted by atomic mass is 16.4. The van der Waals surface area contributed by atoms with Crippen LogP contribution in [0.15, 0.2) is 24.3 Å². The molecule has 0 spiro atoms. The van der Waals surface area contributed by atoms with E-state index in [1.807, 2.05) is 12.1 Å². The number of hydrogen-bond donors (Lipinski definition) is 3. The zero-order chi connectivity index (χ0) is 12.3. The molecule has 2 rings (SSSR count). The van der Waals surface area contributed by atoms with Crippen molar-refractivity contribution >= 4 is 16.9 Å². The fourth-order valence-corrected chi connectivity index (χ4v) is 1.54. The van der Waals surface area contributed by atoms with E-state index < -0.39 is 5.97 Å². The van der Waals surface area contributed by atoms with Gasteiger partial charge in [-0.3, -0.25) is 0 Å². The molecule has 1 aromatic heterocycles. The third kappa shape index (κ3) is 2.47. The van der Waals surface area contributed by atoms with Gasteiger partial charge in [-0.2, -0.15) is 0 Å². The van der Waals surface area contributed by atoms with Crippen LogP contribution in [0.25, 0.3) is 10.9 Å². The summed E-state index contributed by atoms with van der Waals surface area (Å²) in [5.41, 5.74) is 1.71. The number of carbonyl (C=O) groups is 1. The first-order valence-corrected chi connectivity index (χ1v) is 5.16. The molecule has 3 N–H and O–H groups in total. The second kappa shape index (κ2) is 4.73. The van der Waals surface area contributed by atoms with Crippen LogP contribution in [-0.2, 0) is 0 Å². The van der Waals surface area contributed by atoms with Gasteiger partial charge in [0.15, 0.2) is 0 Å². The third-order valence-corrected chi connectivity index (χ3v) is 2.32. The van der Waals surface area contributed by atoms with Gasteiger partial charge in [0.2, 0.25) is 0 Å². The average molecular weight is 229 g/mol. The van der Waals surface area contributed by atoms with Crippen LogP contribution in [-0.4, -0.2) is 27.8 Å². The average Bonchev–Trinajstić information content (AvgIpc) is 2.72. The van der Waals surface area contributed by atoms with Crippen LogP contribution in [0.4, 0.5) is 0 Å². The lowest BCUT2D eigenvalue weighted by Crippen LogP contribution is -1.94. The fraction of sp³-hybridized carbons (Fsp3) is 0.154. The summed E-state index contributed by atoms with van der Waals surface area (Å²) < 4.78 is 0. The summed E-state index contributed by atoms with van der Waals surface area (Å²) in [4.78, 5) is 13.6. The van der Waals surface area contributed by atoms with Crippen LogP contribution in [0.5, 0.6) is 0 Å². The highest BCUT2D eigenvalue weighted by Crippen LogP contribution is 2.16. The van der Waals surface area contributed by atoms with Crippen LogP contribution in [0.1, 0.15) is 22.5 Å². The van der Waals surface area contributed by atoms with Crippen LogP contribution in [0, 0.1) is 11.8 Å². The first-order valence-electron chi connectivity index (χ1n) is 5.16. The predicted molar refractivity (Wildman–Crippen MR) is 63.8 cm³/mol. The Bertz CT molecular complexity index is 616. The molecule has 0 unspecified atom stereocenters. The highest BCUT2D eigenvalue weighted by Gasteiger charge is 2.06. The second-order valence-corrected chi connectivity index (χ2v) is 3.57. The number of carboxylic acid groups (broad SMARTS) is 1. The minimum Gasteiger partial charge on any atom is -0.477 e. The van der Waals surface area contributed by atoms with E-state index in [1.165, 1.54) is 0 Å². The van der Waals surface area contributed by atoms with Crippen molar-refractivity contribution in [2.45, 2.75) is 6.42 Å². The number of aliphatic hydroxyl groups is 1. The number of hydrogen-bond acceptors (Lipinski definition) is 2. The van der Waals surface area contributed by atoms with Crippen molar-refractivity contribution in [1.29, 1.82) is 0 Å². The summed E-state index contributed by atoms with van der Waals surface area (Å²) in [7, 11) is 0. The molecule has 0 radical (unpaired) electrons. The molecule has 0 saturated carbocycles. The van der Waals surface area contributed by atoms with Crippen LogP contribution in [0.3, 0.4) is 0 Å². The Kier molecular flexibility index (Phi) is 3.12. The van der Waals surface area contributed by atoms with Crippen molar-refractivity contribution in [2.24, 2.45) is 0 Å². The Labute approximate surface area is 97.9 Å². The Hall–Kier alpha value is -2.25. The lowest BCUT2D eigenvalue weighted by Gasteiger charge is -1.91. The highest BCUT2D eigenvalue weighted by molar-refractivity contribution is 5.94. The molecule has 1 aromatic carbocycles. The molecule has 0 saturated heterocycles. The van der Waals surface area contributed by atoms with E-state index in [2.05, 4.69) is 16.8 Å². The summed E-state index contributed by atoms with van der Waals surface area (Å²) >= 11 is 0. The number of fused-ring (bicyclic) bond motifs is 1. The van der Waals surface area contributed by atoms with E-state index in [0.29, 0.717) is 6.42 Å². The number of carboxylic acids is 1. The molecule has 0 amide bonds. The number of aromatic nitrogens is 1. The van der Waals surface area contributed by atoms with Gasteiger partial charge in [0, 0.05) is 22.9 Å². The van der Waals surface area contributed by atoms with E-state index >= 15 is 0 Å². The maximum Gasteiger partial charge on any atom is 0.352 e. The van der Waals surface area contributed by atoms with E-state index in [0.717, 1.165) is 16.5 Å². The Morgan fingerprint density at radius 3 is 2.88 bits per heavy atom. The summed E-state index contributed by atoms with van der Waals surface area (Å²) in [5, 5.41) is 18.3. The maximum absolute atomic E-state index is 10.8. The molecule has 0 aliphatic carbocycles. The van der Waals surface area contributed by atoms with Gasteiger partial charge < -0.3 is 15.2 Å². The molecule has 0 fully saturated rings. The quantitative estimate of drug-likeness (QED) is 0.685. The van der Waals surface area contributed by atoms with Gasteiger partial charge >= 0.3 is 5.97 Å². The predicted octanol–water partition coefficient (Wildman–Crippen LogP) is 1.60. The first kappa shape index (κ1) is 11.2. The number of benzene rings is 1. The van der Waals surface area contributed by atoms with Gasteiger partial charge in [0.05, 0.1) is 6.61 Å². The first-order chi connectivity index (χ1) is 8.20. The molecule has 2 aromatic rings. The molecular weight excluding hydrogens is 218 g/mol. The number of H-pyrrole nitrogens is 1. The molecule has 1 heterocycles. The Morgan fingerprint density at radius 2 is 2.18 bits per heavy atom.